The molecule has 0 radical (unpaired) electrons. The fourth-order valence-electron chi connectivity index (χ4n) is 3.70. The number of piperidine rings is 1. The number of rotatable bonds is 7. The smallest absolute Gasteiger partial charge is 0.251 e. The van der Waals surface area contributed by atoms with E-state index in [4.69, 9.17) is 0 Å². The van der Waals surface area contributed by atoms with E-state index < -0.39 is 17.8 Å². The fourth-order valence-corrected chi connectivity index (χ4v) is 3.70. The number of hydrogen-bond acceptors (Lipinski definition) is 3. The number of nitrogens with one attached hydrogen (secondary N) is 2. The Hall–Kier alpha value is -2.44. The van der Waals surface area contributed by atoms with Crippen molar-refractivity contribution in [1.82, 2.24) is 15.5 Å². The average Bonchev–Trinajstić information content (AvgIpc) is 3.57. The molecule has 1 saturated heterocycles. The second-order valence-electron chi connectivity index (χ2n) is 8.21. The number of halogens is 1. The van der Waals surface area contributed by atoms with Gasteiger partial charge in [0.2, 0.25) is 11.8 Å². The van der Waals surface area contributed by atoms with E-state index >= 15 is 0 Å². The summed E-state index contributed by atoms with van der Waals surface area (Å²) in [6.07, 6.45) is 4.08. The molecule has 2 atom stereocenters. The summed E-state index contributed by atoms with van der Waals surface area (Å²) in [6, 6.07) is 4.59. The molecular weight excluding hydrogens is 373 g/mol. The van der Waals surface area contributed by atoms with Gasteiger partial charge in [-0.15, -0.1) is 0 Å². The highest BCUT2D eigenvalue weighted by atomic mass is 19.1. The molecule has 2 N–H and O–H groups in total. The van der Waals surface area contributed by atoms with Gasteiger partial charge in [-0.3, -0.25) is 14.4 Å². The number of benzene rings is 1. The van der Waals surface area contributed by atoms with Crippen LogP contribution in [0.1, 0.15) is 56.3 Å². The van der Waals surface area contributed by atoms with Crippen LogP contribution >= 0.6 is 0 Å². The van der Waals surface area contributed by atoms with Crippen molar-refractivity contribution in [2.24, 2.45) is 11.8 Å². The Morgan fingerprint density at radius 2 is 1.69 bits per heavy atom. The summed E-state index contributed by atoms with van der Waals surface area (Å²) in [4.78, 5) is 39.7. The van der Waals surface area contributed by atoms with Crippen molar-refractivity contribution >= 4 is 17.7 Å². The first-order valence-electron chi connectivity index (χ1n) is 10.5. The minimum absolute atomic E-state index is 0.00394. The Morgan fingerprint density at radius 3 is 2.24 bits per heavy atom. The molecule has 0 unspecified atom stereocenters. The van der Waals surface area contributed by atoms with Crippen LogP contribution in [0.2, 0.25) is 0 Å². The van der Waals surface area contributed by atoms with E-state index in [1.165, 1.54) is 24.3 Å². The molecule has 158 valence electrons. The van der Waals surface area contributed by atoms with Crippen LogP contribution in [0.3, 0.4) is 0 Å². The first-order valence-corrected chi connectivity index (χ1v) is 10.5. The lowest BCUT2D eigenvalue weighted by Gasteiger charge is -2.36. The van der Waals surface area contributed by atoms with Crippen LogP contribution in [0, 0.1) is 17.7 Å². The van der Waals surface area contributed by atoms with Gasteiger partial charge < -0.3 is 15.5 Å². The quantitative estimate of drug-likeness (QED) is 0.734. The minimum Gasteiger partial charge on any atom is -0.352 e. The SMILES string of the molecule is CC[C@@H](C)NC(=O)[C@H](NC(=O)c1ccc(F)cc1)C1CCN(C(=O)C2CC2)CC1. The fraction of sp³-hybridized carbons (Fsp3) is 0.591. The van der Waals surface area contributed by atoms with Crippen molar-refractivity contribution in [1.29, 1.82) is 0 Å². The third-order valence-corrected chi connectivity index (χ3v) is 5.93. The molecule has 0 bridgehead atoms. The number of amides is 3. The molecule has 1 aliphatic heterocycles. The van der Waals surface area contributed by atoms with E-state index in [0.29, 0.717) is 31.5 Å². The van der Waals surface area contributed by atoms with Gasteiger partial charge in [-0.1, -0.05) is 6.92 Å². The van der Waals surface area contributed by atoms with Gasteiger partial charge in [0.05, 0.1) is 0 Å². The number of carbonyl (C=O) groups is 3. The maximum atomic E-state index is 13.1. The Balaban J connectivity index is 1.67. The monoisotopic (exact) mass is 403 g/mol. The summed E-state index contributed by atoms with van der Waals surface area (Å²) in [7, 11) is 0. The van der Waals surface area contributed by atoms with Crippen LogP contribution in [-0.2, 0) is 9.59 Å². The van der Waals surface area contributed by atoms with Gasteiger partial charge in [0, 0.05) is 30.6 Å². The summed E-state index contributed by atoms with van der Waals surface area (Å²) in [5, 5.41) is 5.81. The maximum Gasteiger partial charge on any atom is 0.251 e. The summed E-state index contributed by atoms with van der Waals surface area (Å²) >= 11 is 0. The minimum atomic E-state index is -0.681. The molecule has 2 fully saturated rings. The summed E-state index contributed by atoms with van der Waals surface area (Å²) in [5.41, 5.74) is 0.314. The van der Waals surface area contributed by atoms with E-state index in [-0.39, 0.29) is 29.7 Å². The third kappa shape index (κ3) is 5.55. The van der Waals surface area contributed by atoms with Crippen LogP contribution in [0.4, 0.5) is 4.39 Å². The largest absolute Gasteiger partial charge is 0.352 e. The van der Waals surface area contributed by atoms with E-state index in [1.54, 1.807) is 0 Å². The number of carbonyl (C=O) groups excluding carboxylic acids is 3. The molecule has 6 nitrogen and oxygen atoms in total. The van der Waals surface area contributed by atoms with Gasteiger partial charge in [0.25, 0.3) is 5.91 Å². The molecule has 7 heteroatoms. The van der Waals surface area contributed by atoms with Crippen LogP contribution in [0.5, 0.6) is 0 Å². The topological polar surface area (TPSA) is 78.5 Å². The second-order valence-corrected chi connectivity index (χ2v) is 8.21. The first kappa shape index (κ1) is 21.3. The van der Waals surface area contributed by atoms with Gasteiger partial charge in [0.15, 0.2) is 0 Å². The summed E-state index contributed by atoms with van der Waals surface area (Å²) < 4.78 is 13.1. The van der Waals surface area contributed by atoms with E-state index in [2.05, 4.69) is 10.6 Å². The molecule has 3 amide bonds. The predicted octanol–water partition coefficient (Wildman–Crippen LogP) is 2.49. The molecule has 0 aromatic heterocycles. The molecule has 1 aliphatic carbocycles. The number of likely N-dealkylation sites (tertiary alicyclic amines) is 1. The lowest BCUT2D eigenvalue weighted by molar-refractivity contribution is -0.134. The van der Waals surface area contributed by atoms with Crippen molar-refractivity contribution in [3.63, 3.8) is 0 Å². The molecule has 2 aliphatic rings. The molecule has 0 spiro atoms. The Morgan fingerprint density at radius 1 is 1.07 bits per heavy atom. The van der Waals surface area contributed by atoms with Crippen LogP contribution in [-0.4, -0.2) is 47.8 Å². The second kappa shape index (κ2) is 9.37. The van der Waals surface area contributed by atoms with Crippen LogP contribution < -0.4 is 10.6 Å². The lowest BCUT2D eigenvalue weighted by Crippen LogP contribution is -2.55. The van der Waals surface area contributed by atoms with E-state index in [1.807, 2.05) is 18.7 Å². The Labute approximate surface area is 171 Å². The maximum absolute atomic E-state index is 13.1. The van der Waals surface area contributed by atoms with Crippen LogP contribution in [0.25, 0.3) is 0 Å². The third-order valence-electron chi connectivity index (χ3n) is 5.93. The normalized spacial score (nSPS) is 19.3. The number of hydrogen-bond donors (Lipinski definition) is 2. The summed E-state index contributed by atoms with van der Waals surface area (Å²) in [5.74, 6) is -0.659. The molecule has 1 saturated carbocycles. The average molecular weight is 403 g/mol. The molecule has 1 heterocycles. The van der Waals surface area contributed by atoms with Crippen molar-refractivity contribution in [3.8, 4) is 0 Å². The molecule has 1 aromatic rings. The van der Waals surface area contributed by atoms with Gasteiger partial charge in [-0.2, -0.15) is 0 Å². The zero-order chi connectivity index (χ0) is 21.0. The Bertz CT molecular complexity index is 740. The Kier molecular flexibility index (Phi) is 6.87. The zero-order valence-electron chi connectivity index (χ0n) is 17.1. The zero-order valence-corrected chi connectivity index (χ0v) is 17.1. The van der Waals surface area contributed by atoms with Gasteiger partial charge >= 0.3 is 0 Å². The van der Waals surface area contributed by atoms with Crippen molar-refractivity contribution < 1.29 is 18.8 Å². The first-order chi connectivity index (χ1) is 13.9. The van der Waals surface area contributed by atoms with E-state index in [0.717, 1.165) is 19.3 Å². The molecule has 3 rings (SSSR count). The number of nitrogens with zero attached hydrogens (tertiary/aromatic N) is 1. The highest BCUT2D eigenvalue weighted by Gasteiger charge is 2.38. The highest BCUT2D eigenvalue weighted by molar-refractivity contribution is 5.97. The summed E-state index contributed by atoms with van der Waals surface area (Å²) in [6.45, 7) is 5.13. The van der Waals surface area contributed by atoms with Crippen molar-refractivity contribution in [2.75, 3.05) is 13.1 Å². The van der Waals surface area contributed by atoms with Crippen molar-refractivity contribution in [3.05, 3.63) is 35.6 Å². The van der Waals surface area contributed by atoms with Crippen molar-refractivity contribution in [2.45, 2.75) is 58.0 Å². The standard InChI is InChI=1S/C22H30FN3O3/c1-3-14(2)24-21(28)19(25-20(27)16-6-8-18(23)9-7-16)15-10-12-26(13-11-15)22(29)17-4-5-17/h6-9,14-15,17,19H,3-5,10-13H2,1-2H3,(H,24,28)(H,25,27)/t14-,19-/m1/s1. The molecule has 29 heavy (non-hydrogen) atoms. The van der Waals surface area contributed by atoms with E-state index in [9.17, 15) is 18.8 Å². The highest BCUT2D eigenvalue weighted by Crippen LogP contribution is 2.33. The van der Waals surface area contributed by atoms with Gasteiger partial charge in [-0.25, -0.2) is 4.39 Å². The molecular formula is C22H30FN3O3. The molecule has 1 aromatic carbocycles. The van der Waals surface area contributed by atoms with Gasteiger partial charge in [-0.05, 0) is 69.2 Å². The predicted molar refractivity (Wildman–Crippen MR) is 108 cm³/mol. The van der Waals surface area contributed by atoms with Crippen LogP contribution in [0.15, 0.2) is 24.3 Å². The lowest BCUT2D eigenvalue weighted by atomic mass is 9.88. The van der Waals surface area contributed by atoms with Gasteiger partial charge in [0.1, 0.15) is 11.9 Å².